The summed E-state index contributed by atoms with van der Waals surface area (Å²) in [6.45, 7) is 7.31. The number of benzene rings is 1. The summed E-state index contributed by atoms with van der Waals surface area (Å²) >= 11 is 1.33. The predicted molar refractivity (Wildman–Crippen MR) is 249 cm³/mol. The summed E-state index contributed by atoms with van der Waals surface area (Å²) in [7, 11) is -4.16. The number of pyridine rings is 1. The molecule has 0 radical (unpaired) electrons. The Morgan fingerprint density at radius 1 is 1.07 bits per heavy atom. The molecule has 2 aliphatic carbocycles. The van der Waals surface area contributed by atoms with Crippen LogP contribution in [-0.2, 0) is 29.1 Å². The second kappa shape index (κ2) is 19.1. The molecule has 21 heteroatoms. The first kappa shape index (κ1) is 50.1. The largest absolute Gasteiger partial charge is 0.491 e. The number of ether oxygens (including phenoxy) is 3. The van der Waals surface area contributed by atoms with E-state index >= 15 is 18.0 Å². The molecule has 3 aromatic rings. The zero-order valence-electron chi connectivity index (χ0n) is 39.2. The van der Waals surface area contributed by atoms with Gasteiger partial charge in [0.2, 0.25) is 21.8 Å². The van der Waals surface area contributed by atoms with E-state index in [-0.39, 0.29) is 61.5 Å². The minimum Gasteiger partial charge on any atom is -0.491 e. The molecule has 2 aromatic heterocycles. The van der Waals surface area contributed by atoms with Gasteiger partial charge in [-0.2, -0.15) is 13.2 Å². The van der Waals surface area contributed by atoms with Crippen molar-refractivity contribution in [2.24, 2.45) is 17.8 Å². The fraction of sp³-hybridized carbons (Fsp3) is 0.583. The Kier molecular flexibility index (Phi) is 13.9. The molecular weight excluding hydrogens is 942 g/mol. The van der Waals surface area contributed by atoms with Crippen LogP contribution in [0, 0.1) is 17.8 Å². The molecule has 2 saturated heterocycles. The molecule has 5 aliphatic rings. The number of amides is 4. The Balaban J connectivity index is 1.20. The molecule has 1 aromatic carbocycles. The van der Waals surface area contributed by atoms with E-state index in [1.807, 2.05) is 39.0 Å². The monoisotopic (exact) mass is 1000 g/mol. The molecule has 3 aliphatic heterocycles. The number of sulfonamides is 1. The van der Waals surface area contributed by atoms with Gasteiger partial charge in [0.05, 0.1) is 29.7 Å². The van der Waals surface area contributed by atoms with Crippen molar-refractivity contribution in [3.8, 4) is 33.5 Å². The summed E-state index contributed by atoms with van der Waals surface area (Å²) in [6.07, 6.45) is -2.25. The number of allylic oxidation sites excluding steroid dienone is 1. The molecule has 4 fully saturated rings. The van der Waals surface area contributed by atoms with Gasteiger partial charge in [-0.3, -0.25) is 24.0 Å². The zero-order chi connectivity index (χ0) is 49.7. The summed E-state index contributed by atoms with van der Waals surface area (Å²) in [5, 5.41) is 16.0. The van der Waals surface area contributed by atoms with Crippen LogP contribution in [0.2, 0.25) is 0 Å². The highest BCUT2D eigenvalue weighted by molar-refractivity contribution is 7.91. The van der Waals surface area contributed by atoms with Crippen LogP contribution in [0.4, 0.5) is 18.0 Å². The van der Waals surface area contributed by atoms with Gasteiger partial charge in [0.1, 0.15) is 45.9 Å². The Morgan fingerprint density at radius 2 is 1.80 bits per heavy atom. The van der Waals surface area contributed by atoms with Crippen molar-refractivity contribution in [1.82, 2.24) is 29.8 Å². The minimum atomic E-state index is -5.17. The lowest BCUT2D eigenvalue weighted by Gasteiger charge is -2.50. The van der Waals surface area contributed by atoms with Crippen LogP contribution >= 0.6 is 11.3 Å². The number of thiazole rings is 1. The quantitative estimate of drug-likeness (QED) is 0.161. The molecule has 2 saturated carbocycles. The van der Waals surface area contributed by atoms with Crippen molar-refractivity contribution in [3.63, 3.8) is 0 Å². The number of hydrogen-bond donors (Lipinski definition) is 3. The summed E-state index contributed by atoms with van der Waals surface area (Å²) in [6, 6.07) is 7.11. The zero-order valence-corrected chi connectivity index (χ0v) is 40.8. The highest BCUT2D eigenvalue weighted by atomic mass is 32.2. The number of hydrogen-bond acceptors (Lipinski definition) is 12. The second-order valence-electron chi connectivity index (χ2n) is 19.8. The molecule has 3 N–H and O–H groups in total. The number of alkyl halides is 3. The maximum absolute atomic E-state index is 15.5. The summed E-state index contributed by atoms with van der Waals surface area (Å²) in [4.78, 5) is 68.7. The van der Waals surface area contributed by atoms with Crippen LogP contribution < -0.4 is 19.5 Å². The van der Waals surface area contributed by atoms with E-state index in [4.69, 9.17) is 19.2 Å². The molecule has 8 atom stereocenters. The van der Waals surface area contributed by atoms with Crippen molar-refractivity contribution in [2.75, 3.05) is 19.8 Å². The first-order valence-electron chi connectivity index (χ1n) is 23.4. The molecule has 1 unspecified atom stereocenters. The van der Waals surface area contributed by atoms with Gasteiger partial charge in [0, 0.05) is 48.2 Å². The van der Waals surface area contributed by atoms with Crippen molar-refractivity contribution >= 4 is 45.2 Å². The van der Waals surface area contributed by atoms with Crippen LogP contribution in [-0.4, -0.2) is 123 Å². The molecular formula is C48H59F3N6O10S2. The third-order valence-electron chi connectivity index (χ3n) is 14.2. The number of carbonyl (C=O) groups is 4. The Labute approximate surface area is 403 Å². The average Bonchev–Trinajstić information content (AvgIpc) is 4.04. The highest BCUT2D eigenvalue weighted by Gasteiger charge is 2.66. The number of halogens is 3. The van der Waals surface area contributed by atoms with E-state index in [9.17, 15) is 27.9 Å². The van der Waals surface area contributed by atoms with Gasteiger partial charge in [-0.25, -0.2) is 23.2 Å². The summed E-state index contributed by atoms with van der Waals surface area (Å²) < 4.78 is 92.3. The van der Waals surface area contributed by atoms with Crippen LogP contribution in [0.3, 0.4) is 0 Å². The molecule has 4 amide bonds. The predicted octanol–water partition coefficient (Wildman–Crippen LogP) is 7.35. The number of nitrogens with zero attached hydrogens (tertiary/aromatic N) is 4. The lowest BCUT2D eigenvalue weighted by molar-refractivity contribution is -0.260. The van der Waals surface area contributed by atoms with E-state index < -0.39 is 98.9 Å². The Morgan fingerprint density at radius 3 is 2.42 bits per heavy atom. The third kappa shape index (κ3) is 10.2. The number of rotatable bonds is 11. The van der Waals surface area contributed by atoms with Gasteiger partial charge in [0.15, 0.2) is 5.54 Å². The van der Waals surface area contributed by atoms with E-state index in [0.717, 1.165) is 4.90 Å². The summed E-state index contributed by atoms with van der Waals surface area (Å²) in [5.74, 6) is -3.83. The number of nitrogens with one attached hydrogen (secondary N) is 2. The lowest BCUT2D eigenvalue weighted by atomic mass is 9.82. The molecule has 8 rings (SSSR count). The van der Waals surface area contributed by atoms with Gasteiger partial charge in [-0.15, -0.1) is 11.3 Å². The number of fused-ring (bicyclic) bond motifs is 2. The van der Waals surface area contributed by atoms with E-state index in [1.165, 1.54) is 18.3 Å². The molecule has 69 heavy (non-hydrogen) atoms. The molecule has 0 spiro atoms. The second-order valence-corrected chi connectivity index (χ2v) is 22.9. The van der Waals surface area contributed by atoms with Crippen LogP contribution in [0.5, 0.6) is 11.5 Å². The van der Waals surface area contributed by atoms with Crippen LogP contribution in [0.25, 0.3) is 22.0 Å². The molecule has 0 bridgehead atoms. The Hall–Kier alpha value is -5.28. The maximum atomic E-state index is 15.5. The van der Waals surface area contributed by atoms with Gasteiger partial charge in [-0.05, 0) is 108 Å². The van der Waals surface area contributed by atoms with Crippen molar-refractivity contribution < 1.29 is 60.1 Å². The van der Waals surface area contributed by atoms with Crippen molar-refractivity contribution in [3.05, 3.63) is 60.1 Å². The van der Waals surface area contributed by atoms with E-state index in [1.54, 1.807) is 48.8 Å². The molecule has 16 nitrogen and oxygen atoms in total. The minimum absolute atomic E-state index is 0.0346. The maximum Gasteiger partial charge on any atom is 0.414 e. The normalized spacial score (nSPS) is 29.4. The first-order chi connectivity index (χ1) is 32.6. The SMILES string of the molecule is CC(C)Oc1ccc(-c2cc(O[C@@H]3C[C@H]4C(=O)N[C@]5(C(=O)NS(=O)(=O)C6(C)CC6)C[C@H]5C=CCC[C@@H](C)C[C@@H](C)[C@H](N(C(=O)O)C5(C(F)(F)F)CCCOC5)C(=O)N4C3)cc(-c3nccs3)n2)cc1. The summed E-state index contributed by atoms with van der Waals surface area (Å²) in [5.41, 5.74) is -3.21. The fourth-order valence-corrected chi connectivity index (χ4v) is 11.9. The van der Waals surface area contributed by atoms with E-state index in [0.29, 0.717) is 53.4 Å². The fourth-order valence-electron chi connectivity index (χ4n) is 9.99. The number of carboxylic acid groups (broad SMARTS) is 1. The Bertz CT molecular complexity index is 2550. The smallest absolute Gasteiger partial charge is 0.414 e. The van der Waals surface area contributed by atoms with E-state index in [2.05, 4.69) is 15.0 Å². The molecule has 5 heterocycles. The van der Waals surface area contributed by atoms with Gasteiger partial charge < -0.3 is 29.5 Å². The van der Waals surface area contributed by atoms with Crippen molar-refractivity contribution in [1.29, 1.82) is 0 Å². The molecule has 374 valence electrons. The van der Waals surface area contributed by atoms with Crippen molar-refractivity contribution in [2.45, 2.75) is 139 Å². The average molecular weight is 1000 g/mol. The van der Waals surface area contributed by atoms with Gasteiger partial charge >= 0.3 is 12.3 Å². The number of aromatic nitrogens is 2. The number of carbonyl (C=O) groups excluding carboxylic acids is 3. The topological polar surface area (TPSA) is 207 Å². The van der Waals surface area contributed by atoms with Crippen LogP contribution in [0.15, 0.2) is 60.1 Å². The standard InChI is InChI=1S/C48H59F3N6O10S2/c1-28(2)66-33-13-11-31(12-14-33)36-22-34(23-37(53-36)41-52-18-20-68-41)67-35-24-38-40(58)54-47(43(60)55-69(63,64)45(5)16-17-45)25-32(47)10-7-6-9-29(3)21-30(4)39(42(59)56(38)26-35)57(44(61)62)46(48(49,50)51)15-8-19-65-27-46/h7,10-14,18,20,22-23,28-30,32,35,38-39H,6,8-9,15-17,19,21,24-27H2,1-5H3,(H,54,58)(H,55,60)(H,61,62)/t29-,30-,32-,35-,38+,39+,46?,47-/m1/s1. The lowest BCUT2D eigenvalue weighted by Crippen LogP contribution is -2.71. The highest BCUT2D eigenvalue weighted by Crippen LogP contribution is 2.49. The van der Waals surface area contributed by atoms with Gasteiger partial charge in [0.25, 0.3) is 5.91 Å². The third-order valence-corrected chi connectivity index (χ3v) is 17.1. The first-order valence-corrected chi connectivity index (χ1v) is 25.8. The van der Waals surface area contributed by atoms with Crippen LogP contribution in [0.1, 0.15) is 92.4 Å². The van der Waals surface area contributed by atoms with Gasteiger partial charge in [-0.1, -0.05) is 26.0 Å².